The van der Waals surface area contributed by atoms with Gasteiger partial charge in [-0.1, -0.05) is 27.7 Å². The summed E-state index contributed by atoms with van der Waals surface area (Å²) in [5, 5.41) is 152. The summed E-state index contributed by atoms with van der Waals surface area (Å²) in [5.41, 5.74) is -2.76. The van der Waals surface area contributed by atoms with Gasteiger partial charge in [0.25, 0.3) is 0 Å². The van der Waals surface area contributed by atoms with Crippen molar-refractivity contribution in [2.45, 2.75) is 238 Å². The Labute approximate surface area is 474 Å². The van der Waals surface area contributed by atoms with Gasteiger partial charge in [-0.25, -0.2) is 0 Å². The van der Waals surface area contributed by atoms with E-state index in [0.717, 1.165) is 38.5 Å². The van der Waals surface area contributed by atoms with Crippen LogP contribution in [0, 0.1) is 52.3 Å². The van der Waals surface area contributed by atoms with E-state index in [0.29, 0.717) is 43.5 Å². The van der Waals surface area contributed by atoms with Crippen molar-refractivity contribution in [1.82, 2.24) is 0 Å². The molecule has 0 amide bonds. The molecule has 1 spiro atoms. The molecule has 470 valence electrons. The number of aliphatic hydroxyl groups is 14. The molecule has 4 saturated carbocycles. The quantitative estimate of drug-likeness (QED) is 0.0728. The van der Waals surface area contributed by atoms with E-state index in [9.17, 15) is 76.3 Å². The largest absolute Gasteiger partial charge is 0.394 e. The Kier molecular flexibility index (Phi) is 18.1. The number of rotatable bonds is 14. The Bertz CT molecular complexity index is 2190. The third-order valence-corrected chi connectivity index (χ3v) is 21.7. The molecule has 34 unspecified atom stereocenters. The number of fused-ring (bicyclic) bond motifs is 7. The first-order valence-electron chi connectivity index (χ1n) is 29.6. The molecule has 11 fully saturated rings. The van der Waals surface area contributed by atoms with Crippen molar-refractivity contribution in [1.29, 1.82) is 0 Å². The van der Waals surface area contributed by atoms with Crippen LogP contribution in [-0.2, 0) is 61.6 Å². The molecule has 0 aromatic carbocycles. The fourth-order valence-corrected chi connectivity index (χ4v) is 16.7. The Balaban J connectivity index is 0.766. The van der Waals surface area contributed by atoms with Gasteiger partial charge in [0, 0.05) is 30.1 Å². The second-order valence-corrected chi connectivity index (χ2v) is 26.2. The van der Waals surface area contributed by atoms with Crippen molar-refractivity contribution in [3.05, 3.63) is 0 Å². The topological polar surface area (TPSA) is 411 Å². The normalized spacial score (nSPS) is 56.9. The molecule has 7 heterocycles. The lowest BCUT2D eigenvalue weighted by molar-refractivity contribution is -0.405. The maximum Gasteiger partial charge on any atom is 0.187 e. The fourth-order valence-electron chi connectivity index (χ4n) is 16.7. The van der Waals surface area contributed by atoms with Gasteiger partial charge in [0.1, 0.15) is 109 Å². The smallest absolute Gasteiger partial charge is 0.187 e. The zero-order chi connectivity index (χ0) is 58.7. The van der Waals surface area contributed by atoms with Crippen LogP contribution in [0.25, 0.3) is 0 Å². The van der Waals surface area contributed by atoms with Crippen LogP contribution in [0.15, 0.2) is 0 Å². The summed E-state index contributed by atoms with van der Waals surface area (Å²) in [6.07, 6.45) is -31.4. The average molecular weight is 1180 g/mol. The Morgan fingerprint density at radius 1 is 0.585 bits per heavy atom. The van der Waals surface area contributed by atoms with Crippen LogP contribution in [0.5, 0.6) is 0 Å². The molecular formula is C55H88O27. The van der Waals surface area contributed by atoms with Crippen LogP contribution < -0.4 is 0 Å². The van der Waals surface area contributed by atoms with Crippen molar-refractivity contribution in [2.24, 2.45) is 52.3 Å². The number of Topliss-reactive ketones (excluding diaryl/α,β-unsaturated/α-hetero) is 1. The van der Waals surface area contributed by atoms with Gasteiger partial charge in [-0.05, 0) is 80.0 Å². The van der Waals surface area contributed by atoms with E-state index >= 15 is 0 Å². The van der Waals surface area contributed by atoms with E-state index in [1.165, 1.54) is 0 Å². The molecular weight excluding hydrogens is 1090 g/mol. The molecule has 11 aliphatic rings. The third-order valence-electron chi connectivity index (χ3n) is 21.7. The molecule has 7 saturated heterocycles. The fraction of sp³-hybridized carbons (Fsp3) is 0.982. The minimum absolute atomic E-state index is 0.0288. The first-order valence-corrected chi connectivity index (χ1v) is 29.6. The van der Waals surface area contributed by atoms with E-state index in [4.69, 9.17) is 56.8 Å². The second-order valence-electron chi connectivity index (χ2n) is 26.2. The van der Waals surface area contributed by atoms with Gasteiger partial charge in [-0.15, -0.1) is 0 Å². The van der Waals surface area contributed by atoms with E-state index in [2.05, 4.69) is 27.7 Å². The summed E-state index contributed by atoms with van der Waals surface area (Å²) in [7, 11) is 0. The highest BCUT2D eigenvalue weighted by atomic mass is 16.8. The molecule has 4 aliphatic carbocycles. The molecule has 7 aliphatic heterocycles. The zero-order valence-electron chi connectivity index (χ0n) is 46.7. The molecule has 14 N–H and O–H groups in total. The van der Waals surface area contributed by atoms with Gasteiger partial charge in [-0.3, -0.25) is 4.79 Å². The van der Waals surface area contributed by atoms with Crippen LogP contribution in [-0.4, -0.2) is 276 Å². The van der Waals surface area contributed by atoms with Gasteiger partial charge >= 0.3 is 0 Å². The SMILES string of the molecule is CC1CCC2(OC1)OC1CC3C4CCC5CC(OC6OC(CO)C(OC7OC(CO)C(O)C(OC8OCC(OC9OCC(O)(CO)C9O)C(O)C8O)C7OC7OC(CO)C(O)C(O)C7O)C(O)C6O)CCC5(C)C4CC(=O)C3(C)C1C2C. The van der Waals surface area contributed by atoms with E-state index in [1.807, 2.05) is 0 Å². The predicted octanol–water partition coefficient (Wildman–Crippen LogP) is -4.63. The summed E-state index contributed by atoms with van der Waals surface area (Å²) >= 11 is 0. The van der Waals surface area contributed by atoms with E-state index in [1.54, 1.807) is 0 Å². The summed E-state index contributed by atoms with van der Waals surface area (Å²) in [6.45, 7) is 4.92. The van der Waals surface area contributed by atoms with Crippen LogP contribution in [0.4, 0.5) is 0 Å². The zero-order valence-corrected chi connectivity index (χ0v) is 46.7. The molecule has 27 nitrogen and oxygen atoms in total. The first-order chi connectivity index (χ1) is 38.9. The van der Waals surface area contributed by atoms with Crippen LogP contribution in [0.2, 0.25) is 0 Å². The molecule has 0 aromatic rings. The van der Waals surface area contributed by atoms with E-state index < -0.39 is 192 Å². The van der Waals surface area contributed by atoms with Gasteiger partial charge in [-0.2, -0.15) is 0 Å². The number of hydrogen-bond donors (Lipinski definition) is 14. The Morgan fingerprint density at radius 3 is 1.91 bits per heavy atom. The Morgan fingerprint density at radius 2 is 1.23 bits per heavy atom. The molecule has 0 aromatic heterocycles. The highest BCUT2D eigenvalue weighted by Crippen LogP contribution is 2.70. The lowest BCUT2D eigenvalue weighted by Gasteiger charge is -2.60. The van der Waals surface area contributed by atoms with Crippen molar-refractivity contribution < 1.29 is 133 Å². The van der Waals surface area contributed by atoms with Gasteiger partial charge in [0.2, 0.25) is 0 Å². The summed E-state index contributed by atoms with van der Waals surface area (Å²) < 4.78 is 72.7. The molecule has 82 heavy (non-hydrogen) atoms. The number of carbonyl (C=O) groups excluding carboxylic acids is 1. The van der Waals surface area contributed by atoms with Gasteiger partial charge in [0.05, 0.1) is 58.5 Å². The number of ether oxygens (including phenoxy) is 12. The lowest BCUT2D eigenvalue weighted by atomic mass is 9.44. The van der Waals surface area contributed by atoms with Crippen molar-refractivity contribution in [3.63, 3.8) is 0 Å². The average Bonchev–Trinajstić information content (AvgIpc) is 1.67. The van der Waals surface area contributed by atoms with Crippen LogP contribution in [0.1, 0.15) is 85.5 Å². The van der Waals surface area contributed by atoms with Crippen molar-refractivity contribution in [3.8, 4) is 0 Å². The highest BCUT2D eigenvalue weighted by Gasteiger charge is 2.72. The lowest BCUT2D eigenvalue weighted by Crippen LogP contribution is -2.68. The molecule has 0 radical (unpaired) electrons. The first kappa shape index (κ1) is 62.2. The standard InChI is InChI=1S/C55H88O27/c1-21-7-10-55(73-17-21)22(2)34-28(82-55)12-27-25-6-5-23-11-24(8-9-52(23,3)26(25)13-33(60)53(27,34)4)74-48-42(68)39(65)43(31(16-58)77-48)79-50-45(81-49-41(67)38(64)35(61)29(14-56)75-49)44(37(63)30(15-57)76-50)80-47-40(66)36(62)32(18-71-47)78-51-46(69)54(70,19-59)20-72-51/h21-32,34-51,56-59,61-70H,5-20H2,1-4H3. The number of ketones is 1. The molecule has 0 bridgehead atoms. The van der Waals surface area contributed by atoms with E-state index in [-0.39, 0.29) is 41.1 Å². The predicted molar refractivity (Wildman–Crippen MR) is 269 cm³/mol. The monoisotopic (exact) mass is 1180 g/mol. The summed E-state index contributed by atoms with van der Waals surface area (Å²) in [4.78, 5) is 14.8. The van der Waals surface area contributed by atoms with Crippen LogP contribution in [0.3, 0.4) is 0 Å². The number of aliphatic hydroxyl groups excluding tert-OH is 13. The maximum absolute atomic E-state index is 14.8. The molecule has 11 rings (SSSR count). The van der Waals surface area contributed by atoms with Gasteiger partial charge in [0.15, 0.2) is 37.2 Å². The molecule has 27 heteroatoms. The minimum Gasteiger partial charge on any atom is -0.394 e. The third kappa shape index (κ3) is 10.5. The summed E-state index contributed by atoms with van der Waals surface area (Å²) in [5.74, 6) is 1.23. The maximum atomic E-state index is 14.8. The van der Waals surface area contributed by atoms with Gasteiger partial charge < -0.3 is 128 Å². The van der Waals surface area contributed by atoms with Crippen molar-refractivity contribution in [2.75, 3.05) is 46.2 Å². The number of carbonyl (C=O) groups is 1. The van der Waals surface area contributed by atoms with Crippen LogP contribution >= 0.6 is 0 Å². The Hall–Kier alpha value is -1.37. The van der Waals surface area contributed by atoms with Crippen molar-refractivity contribution >= 4 is 5.78 Å². The summed E-state index contributed by atoms with van der Waals surface area (Å²) in [6, 6.07) is 0. The highest BCUT2D eigenvalue weighted by molar-refractivity contribution is 5.87. The number of hydrogen-bond acceptors (Lipinski definition) is 27. The molecule has 34 atom stereocenters. The minimum atomic E-state index is -2.08. The second kappa shape index (κ2) is 23.9.